The molecule has 0 aliphatic carbocycles. The Labute approximate surface area is 203 Å². The van der Waals surface area contributed by atoms with Gasteiger partial charge in [0, 0.05) is 5.02 Å². The summed E-state index contributed by atoms with van der Waals surface area (Å²) in [5.41, 5.74) is 4.40. The fraction of sp³-hybridized carbons (Fsp3) is 0.0769. The summed E-state index contributed by atoms with van der Waals surface area (Å²) in [5.74, 6) is 1.36. The van der Waals surface area contributed by atoms with Gasteiger partial charge in [-0.05, 0) is 48.0 Å². The molecule has 170 valence electrons. The fourth-order valence-corrected chi connectivity index (χ4v) is 4.66. The molecular weight excluding hydrogens is 466 g/mol. The number of fused-ring (bicyclic) bond motifs is 5. The first-order valence-corrected chi connectivity index (χ1v) is 11.3. The molecule has 6 aromatic rings. The summed E-state index contributed by atoms with van der Waals surface area (Å²) in [5, 5.41) is 0.976. The van der Waals surface area contributed by atoms with Gasteiger partial charge in [-0.2, -0.15) is 0 Å². The number of nitrogens with zero attached hydrogens (tertiary/aromatic N) is 5. The lowest BCUT2D eigenvalue weighted by atomic mass is 10.2. The highest BCUT2D eigenvalue weighted by Gasteiger charge is 2.21. The first-order valence-electron chi connectivity index (χ1n) is 11.0. The van der Waals surface area contributed by atoms with Gasteiger partial charge in [0.25, 0.3) is 5.56 Å². The molecule has 1 aliphatic rings. The van der Waals surface area contributed by atoms with E-state index in [-0.39, 0.29) is 12.4 Å². The first-order chi connectivity index (χ1) is 17.2. The van der Waals surface area contributed by atoms with Crippen LogP contribution in [0.4, 0.5) is 0 Å². The molecule has 0 saturated carbocycles. The van der Waals surface area contributed by atoms with Crippen LogP contribution in [0.5, 0.6) is 11.5 Å². The molecule has 3 aromatic heterocycles. The highest BCUT2D eigenvalue weighted by Crippen LogP contribution is 2.33. The van der Waals surface area contributed by atoms with Crippen LogP contribution in [0.1, 0.15) is 5.56 Å². The summed E-state index contributed by atoms with van der Waals surface area (Å²) in [4.78, 5) is 28.2. The molecule has 0 spiro atoms. The summed E-state index contributed by atoms with van der Waals surface area (Å²) in [7, 11) is 0. The Morgan fingerprint density at radius 1 is 0.886 bits per heavy atom. The third-order valence-corrected chi connectivity index (χ3v) is 6.32. The van der Waals surface area contributed by atoms with E-state index in [1.807, 2.05) is 65.2 Å². The van der Waals surface area contributed by atoms with E-state index in [2.05, 4.69) is 0 Å². The zero-order valence-electron chi connectivity index (χ0n) is 18.2. The molecule has 0 N–H and O–H groups in total. The largest absolute Gasteiger partial charge is 0.454 e. The number of aromatic nitrogens is 5. The molecule has 0 fully saturated rings. The Hall–Kier alpha value is -4.43. The highest BCUT2D eigenvalue weighted by molar-refractivity contribution is 6.30. The van der Waals surface area contributed by atoms with E-state index in [4.69, 9.17) is 36.0 Å². The van der Waals surface area contributed by atoms with Crippen molar-refractivity contribution in [3.05, 3.63) is 94.0 Å². The Morgan fingerprint density at radius 3 is 2.57 bits per heavy atom. The van der Waals surface area contributed by atoms with Crippen molar-refractivity contribution in [2.45, 2.75) is 6.54 Å². The molecular formula is C26H16ClN5O3. The third kappa shape index (κ3) is 3.14. The van der Waals surface area contributed by atoms with Crippen molar-refractivity contribution in [3.63, 3.8) is 0 Å². The second-order valence-corrected chi connectivity index (χ2v) is 8.70. The third-order valence-electron chi connectivity index (χ3n) is 6.09. The van der Waals surface area contributed by atoms with Crippen molar-refractivity contribution >= 4 is 44.8 Å². The zero-order chi connectivity index (χ0) is 23.5. The average Bonchev–Trinajstić information content (AvgIpc) is 3.46. The number of halogens is 1. The first kappa shape index (κ1) is 20.0. The smallest absolute Gasteiger partial charge is 0.265 e. The average molecular weight is 482 g/mol. The summed E-state index contributed by atoms with van der Waals surface area (Å²) in [6.07, 6.45) is 1.55. The van der Waals surface area contributed by atoms with Crippen LogP contribution in [0.25, 0.3) is 38.9 Å². The predicted molar refractivity (Wildman–Crippen MR) is 133 cm³/mol. The van der Waals surface area contributed by atoms with Gasteiger partial charge in [-0.3, -0.25) is 13.9 Å². The molecule has 0 saturated heterocycles. The molecule has 0 unspecified atom stereocenters. The number of ether oxygens (including phenoxy) is 2. The predicted octanol–water partition coefficient (Wildman–Crippen LogP) is 4.71. The van der Waals surface area contributed by atoms with Gasteiger partial charge in [0.1, 0.15) is 17.2 Å². The standard InChI is InChI=1S/C26H16ClN5O3/c27-16-4-3-5-17(11-16)32-24-22(23-25(32)30-19-7-2-1-6-18(19)29-23)26(33)31(13-28-24)12-15-8-9-20-21(10-15)35-14-34-20/h1-11,13H,12,14H2. The van der Waals surface area contributed by atoms with Crippen LogP contribution < -0.4 is 15.0 Å². The molecule has 0 amide bonds. The van der Waals surface area contributed by atoms with Gasteiger partial charge < -0.3 is 9.47 Å². The molecule has 0 bridgehead atoms. The van der Waals surface area contributed by atoms with Gasteiger partial charge >= 0.3 is 0 Å². The maximum absolute atomic E-state index is 13.8. The minimum Gasteiger partial charge on any atom is -0.454 e. The van der Waals surface area contributed by atoms with Crippen molar-refractivity contribution in [1.29, 1.82) is 0 Å². The van der Waals surface area contributed by atoms with Gasteiger partial charge in [-0.25, -0.2) is 15.0 Å². The van der Waals surface area contributed by atoms with Crippen molar-refractivity contribution in [2.24, 2.45) is 0 Å². The quantitative estimate of drug-likeness (QED) is 0.364. The SMILES string of the molecule is O=c1c2c3nc4ccccc4nc3n(-c3cccc(Cl)c3)c2ncn1Cc1ccc2c(c1)OCO2. The van der Waals surface area contributed by atoms with Crippen LogP contribution in [0, 0.1) is 0 Å². The number of rotatable bonds is 3. The van der Waals surface area contributed by atoms with Crippen LogP contribution in [-0.4, -0.2) is 30.9 Å². The minimum absolute atomic E-state index is 0.196. The monoisotopic (exact) mass is 481 g/mol. The van der Waals surface area contributed by atoms with Gasteiger partial charge in [-0.1, -0.05) is 35.9 Å². The molecule has 8 nitrogen and oxygen atoms in total. The van der Waals surface area contributed by atoms with Gasteiger partial charge in [0.15, 0.2) is 22.8 Å². The Kier molecular flexibility index (Phi) is 4.31. The van der Waals surface area contributed by atoms with Crippen molar-refractivity contribution in [3.8, 4) is 17.2 Å². The van der Waals surface area contributed by atoms with E-state index in [1.54, 1.807) is 17.0 Å². The van der Waals surface area contributed by atoms with Crippen LogP contribution in [-0.2, 0) is 6.54 Å². The lowest BCUT2D eigenvalue weighted by molar-refractivity contribution is 0.174. The molecule has 9 heteroatoms. The summed E-state index contributed by atoms with van der Waals surface area (Å²) in [6.45, 7) is 0.519. The zero-order valence-corrected chi connectivity index (χ0v) is 18.9. The summed E-state index contributed by atoms with van der Waals surface area (Å²) < 4.78 is 14.3. The number of hydrogen-bond donors (Lipinski definition) is 0. The lowest BCUT2D eigenvalue weighted by Crippen LogP contribution is -2.21. The van der Waals surface area contributed by atoms with Gasteiger partial charge in [0.05, 0.1) is 23.3 Å². The molecule has 0 atom stereocenters. The maximum Gasteiger partial charge on any atom is 0.265 e. The lowest BCUT2D eigenvalue weighted by Gasteiger charge is -2.08. The van der Waals surface area contributed by atoms with Crippen molar-refractivity contribution in [2.75, 3.05) is 6.79 Å². The number of hydrogen-bond acceptors (Lipinski definition) is 6. The Bertz CT molecular complexity index is 1860. The summed E-state index contributed by atoms with van der Waals surface area (Å²) >= 11 is 6.29. The molecule has 4 heterocycles. The fourth-order valence-electron chi connectivity index (χ4n) is 4.48. The van der Waals surface area contributed by atoms with E-state index >= 15 is 0 Å². The summed E-state index contributed by atoms with van der Waals surface area (Å²) in [6, 6.07) is 20.6. The topological polar surface area (TPSA) is 84.1 Å². The van der Waals surface area contributed by atoms with Crippen LogP contribution in [0.2, 0.25) is 5.02 Å². The second-order valence-electron chi connectivity index (χ2n) is 8.26. The molecule has 7 rings (SSSR count). The highest BCUT2D eigenvalue weighted by atomic mass is 35.5. The van der Waals surface area contributed by atoms with E-state index in [0.29, 0.717) is 50.8 Å². The Morgan fingerprint density at radius 2 is 1.71 bits per heavy atom. The van der Waals surface area contributed by atoms with E-state index in [0.717, 1.165) is 16.8 Å². The second kappa shape index (κ2) is 7.54. The van der Waals surface area contributed by atoms with E-state index in [9.17, 15) is 4.79 Å². The van der Waals surface area contributed by atoms with E-state index in [1.165, 1.54) is 0 Å². The van der Waals surface area contributed by atoms with Crippen molar-refractivity contribution < 1.29 is 9.47 Å². The van der Waals surface area contributed by atoms with Gasteiger partial charge in [-0.15, -0.1) is 0 Å². The molecule has 0 radical (unpaired) electrons. The Balaban J connectivity index is 1.49. The number of para-hydroxylation sites is 2. The normalized spacial score (nSPS) is 12.7. The molecule has 1 aliphatic heterocycles. The molecule has 3 aromatic carbocycles. The maximum atomic E-state index is 13.8. The van der Waals surface area contributed by atoms with Crippen LogP contribution >= 0.6 is 11.6 Å². The van der Waals surface area contributed by atoms with Crippen molar-refractivity contribution in [1.82, 2.24) is 24.1 Å². The minimum atomic E-state index is -0.206. The van der Waals surface area contributed by atoms with E-state index < -0.39 is 0 Å². The number of benzene rings is 3. The van der Waals surface area contributed by atoms with Gasteiger partial charge in [0.2, 0.25) is 6.79 Å². The van der Waals surface area contributed by atoms with Crippen LogP contribution in [0.15, 0.2) is 77.9 Å². The molecule has 35 heavy (non-hydrogen) atoms. The van der Waals surface area contributed by atoms with Crippen LogP contribution in [0.3, 0.4) is 0 Å².